The second kappa shape index (κ2) is 4.03. The summed E-state index contributed by atoms with van der Waals surface area (Å²) in [6, 6.07) is 0. The van der Waals surface area contributed by atoms with E-state index in [4.69, 9.17) is 0 Å². The van der Waals surface area contributed by atoms with Gasteiger partial charge in [-0.1, -0.05) is 0 Å². The molecule has 60 valence electrons. The van der Waals surface area contributed by atoms with Gasteiger partial charge >= 0.3 is 7.60 Å². The Balaban J connectivity index is 4.34. The Morgan fingerprint density at radius 2 is 1.70 bits per heavy atom. The number of ether oxygens (including phenoxy) is 1. The molecule has 0 radical (unpaired) electrons. The van der Waals surface area contributed by atoms with Crippen LogP contribution in [0.25, 0.3) is 0 Å². The molecule has 6 heteroatoms. The van der Waals surface area contributed by atoms with Crippen molar-refractivity contribution in [3.8, 4) is 0 Å². The summed E-state index contributed by atoms with van der Waals surface area (Å²) >= 11 is 4.55. The van der Waals surface area contributed by atoms with Gasteiger partial charge < -0.3 is 13.8 Å². The lowest BCUT2D eigenvalue weighted by Gasteiger charge is -2.11. The second-order valence-corrected chi connectivity index (χ2v) is 4.14. The van der Waals surface area contributed by atoms with Crippen molar-refractivity contribution in [2.45, 2.75) is 0 Å². The lowest BCUT2D eigenvalue weighted by molar-refractivity contribution is 0.279. The third kappa shape index (κ3) is 2.02. The van der Waals surface area contributed by atoms with E-state index in [-0.39, 0.29) is 4.79 Å². The van der Waals surface area contributed by atoms with Crippen LogP contribution in [0.4, 0.5) is 0 Å². The molecule has 0 N–H and O–H groups in total. The summed E-state index contributed by atoms with van der Waals surface area (Å²) in [6.45, 7) is 0. The number of rotatable bonds is 3. The van der Waals surface area contributed by atoms with E-state index in [0.29, 0.717) is 0 Å². The minimum absolute atomic E-state index is 0.155. The Hall–Kier alpha value is 0.0400. The van der Waals surface area contributed by atoms with Gasteiger partial charge in [-0.25, -0.2) is 0 Å². The maximum Gasteiger partial charge on any atom is 0.406 e. The summed E-state index contributed by atoms with van der Waals surface area (Å²) in [6.07, 6.45) is 0. The van der Waals surface area contributed by atoms with Gasteiger partial charge in [0.15, 0.2) is 0 Å². The topological polar surface area (TPSA) is 44.8 Å². The first-order chi connectivity index (χ1) is 4.60. The summed E-state index contributed by atoms with van der Waals surface area (Å²) in [5.41, 5.74) is 0. The average molecular weight is 184 g/mol. The van der Waals surface area contributed by atoms with Crippen molar-refractivity contribution < 1.29 is 18.3 Å². The van der Waals surface area contributed by atoms with Gasteiger partial charge in [-0.3, -0.25) is 4.57 Å². The van der Waals surface area contributed by atoms with Crippen LogP contribution in [0.5, 0.6) is 0 Å². The summed E-state index contributed by atoms with van der Waals surface area (Å²) < 4.78 is 24.7. The van der Waals surface area contributed by atoms with Crippen LogP contribution in [0.1, 0.15) is 0 Å². The largest absolute Gasteiger partial charge is 0.481 e. The molecule has 0 aliphatic heterocycles. The fourth-order valence-corrected chi connectivity index (χ4v) is 1.45. The van der Waals surface area contributed by atoms with Gasteiger partial charge in [-0.15, -0.1) is 0 Å². The summed E-state index contributed by atoms with van der Waals surface area (Å²) in [7, 11) is 0.541. The SMILES string of the molecule is COC(=S)P(=O)(OC)OC. The Morgan fingerprint density at radius 1 is 1.30 bits per heavy atom. The quantitative estimate of drug-likeness (QED) is 0.490. The van der Waals surface area contributed by atoms with Crippen molar-refractivity contribution in [2.75, 3.05) is 21.3 Å². The molecular formula is C4H9O4PS. The zero-order chi connectivity index (χ0) is 8.20. The zero-order valence-electron chi connectivity index (χ0n) is 5.99. The Morgan fingerprint density at radius 3 is 1.80 bits per heavy atom. The van der Waals surface area contributed by atoms with E-state index in [2.05, 4.69) is 26.0 Å². The maximum atomic E-state index is 11.2. The van der Waals surface area contributed by atoms with Crippen molar-refractivity contribution in [1.82, 2.24) is 0 Å². The van der Waals surface area contributed by atoms with Gasteiger partial charge in [-0.05, 0) is 12.2 Å². The van der Waals surface area contributed by atoms with Crippen LogP contribution in [-0.2, 0) is 18.3 Å². The zero-order valence-corrected chi connectivity index (χ0v) is 7.70. The van der Waals surface area contributed by atoms with E-state index < -0.39 is 7.60 Å². The first-order valence-corrected chi connectivity index (χ1v) is 4.36. The molecule has 0 aliphatic rings. The van der Waals surface area contributed by atoms with Crippen molar-refractivity contribution in [3.05, 3.63) is 0 Å². The van der Waals surface area contributed by atoms with Crippen molar-refractivity contribution in [3.63, 3.8) is 0 Å². The predicted octanol–water partition coefficient (Wildman–Crippen LogP) is 1.40. The molecule has 0 unspecified atom stereocenters. The van der Waals surface area contributed by atoms with E-state index in [0.717, 1.165) is 0 Å². The fourth-order valence-electron chi connectivity index (χ4n) is 0.335. The van der Waals surface area contributed by atoms with Crippen molar-refractivity contribution in [1.29, 1.82) is 0 Å². The molecule has 0 saturated carbocycles. The Kier molecular flexibility index (Phi) is 4.05. The van der Waals surface area contributed by atoms with Crippen LogP contribution in [0.3, 0.4) is 0 Å². The highest BCUT2D eigenvalue weighted by atomic mass is 32.1. The van der Waals surface area contributed by atoms with E-state index in [1.807, 2.05) is 0 Å². The molecule has 0 bridgehead atoms. The standard InChI is InChI=1S/C4H9O4PS/c1-6-4(10)9(5,7-2)8-3/h1-3H3. The highest BCUT2D eigenvalue weighted by Gasteiger charge is 2.28. The van der Waals surface area contributed by atoms with Gasteiger partial charge in [0.25, 0.3) is 4.79 Å². The van der Waals surface area contributed by atoms with Gasteiger partial charge in [0.2, 0.25) is 0 Å². The molecular weight excluding hydrogens is 175 g/mol. The highest BCUT2D eigenvalue weighted by Crippen LogP contribution is 2.48. The summed E-state index contributed by atoms with van der Waals surface area (Å²) in [5, 5.41) is 0. The minimum atomic E-state index is -3.26. The second-order valence-electron chi connectivity index (χ2n) is 1.33. The Bertz CT molecular complexity index is 161. The number of hydrogen-bond donors (Lipinski definition) is 0. The van der Waals surface area contributed by atoms with Gasteiger partial charge in [0.1, 0.15) is 0 Å². The molecule has 4 nitrogen and oxygen atoms in total. The Labute approximate surface area is 65.0 Å². The summed E-state index contributed by atoms with van der Waals surface area (Å²) in [5.74, 6) is 0. The van der Waals surface area contributed by atoms with Crippen LogP contribution >= 0.6 is 19.8 Å². The van der Waals surface area contributed by atoms with E-state index in [9.17, 15) is 4.57 Å². The molecule has 0 atom stereocenters. The third-order valence-corrected chi connectivity index (χ3v) is 3.31. The van der Waals surface area contributed by atoms with Gasteiger partial charge in [0.05, 0.1) is 7.11 Å². The van der Waals surface area contributed by atoms with E-state index in [1.54, 1.807) is 0 Å². The fraction of sp³-hybridized carbons (Fsp3) is 0.750. The molecule has 0 aromatic rings. The molecule has 0 spiro atoms. The first-order valence-electron chi connectivity index (χ1n) is 2.40. The molecule has 0 heterocycles. The molecule has 0 fully saturated rings. The average Bonchev–Trinajstić information content (AvgIpc) is 2.01. The van der Waals surface area contributed by atoms with E-state index >= 15 is 0 Å². The lowest BCUT2D eigenvalue weighted by atomic mass is 11.5. The molecule has 10 heavy (non-hydrogen) atoms. The molecule has 0 aliphatic carbocycles. The number of hydrogen-bond acceptors (Lipinski definition) is 5. The maximum absolute atomic E-state index is 11.2. The van der Waals surface area contributed by atoms with E-state index in [1.165, 1.54) is 21.3 Å². The highest BCUT2D eigenvalue weighted by molar-refractivity contribution is 7.97. The van der Waals surface area contributed by atoms with Crippen molar-refractivity contribution in [2.24, 2.45) is 0 Å². The molecule has 0 amide bonds. The van der Waals surface area contributed by atoms with Gasteiger partial charge in [0, 0.05) is 14.2 Å². The van der Waals surface area contributed by atoms with Crippen LogP contribution in [-0.4, -0.2) is 26.1 Å². The van der Waals surface area contributed by atoms with Crippen LogP contribution < -0.4 is 0 Å². The van der Waals surface area contributed by atoms with Gasteiger partial charge in [-0.2, -0.15) is 0 Å². The van der Waals surface area contributed by atoms with Crippen LogP contribution in [0.2, 0.25) is 0 Å². The normalized spacial score (nSPS) is 11.1. The molecule has 0 aromatic heterocycles. The smallest absolute Gasteiger partial charge is 0.406 e. The van der Waals surface area contributed by atoms with Crippen LogP contribution in [0.15, 0.2) is 0 Å². The van der Waals surface area contributed by atoms with Crippen LogP contribution in [0, 0.1) is 0 Å². The van der Waals surface area contributed by atoms with Crippen molar-refractivity contribution >= 4 is 24.6 Å². The monoisotopic (exact) mass is 184 g/mol. The number of thiocarbonyl (C=S) groups is 1. The summed E-state index contributed by atoms with van der Waals surface area (Å²) in [4.78, 5) is -0.155. The minimum Gasteiger partial charge on any atom is -0.481 e. The first kappa shape index (κ1) is 10.0. The molecule has 0 saturated heterocycles. The predicted molar refractivity (Wildman–Crippen MR) is 41.2 cm³/mol. The lowest BCUT2D eigenvalue weighted by Crippen LogP contribution is -2.02. The third-order valence-electron chi connectivity index (χ3n) is 0.879. The number of methoxy groups -OCH3 is 1. The molecule has 0 rings (SSSR count). The molecule has 0 aromatic carbocycles.